The summed E-state index contributed by atoms with van der Waals surface area (Å²) in [4.78, 5) is 0. The summed E-state index contributed by atoms with van der Waals surface area (Å²) in [6, 6.07) is 6.29. The Labute approximate surface area is 162 Å². The van der Waals surface area contributed by atoms with Crippen molar-refractivity contribution in [3.63, 3.8) is 0 Å². The van der Waals surface area contributed by atoms with Crippen LogP contribution in [0.15, 0.2) is 30.4 Å². The molecule has 27 heavy (non-hydrogen) atoms. The summed E-state index contributed by atoms with van der Waals surface area (Å²) in [5, 5.41) is 21.0. The fourth-order valence-electron chi connectivity index (χ4n) is 4.27. The molecule has 0 saturated heterocycles. The second kappa shape index (κ2) is 8.93. The van der Waals surface area contributed by atoms with Crippen LogP contribution in [0.4, 0.5) is 0 Å². The standard InChI is InChI=1S/C23H31NO3/c1-3-4-7-15(2)19(25)12-11-17-20(26)14-21-22(17)18-10-5-8-16(9-6-13-24)23(18)27-21/h5,8,10-12,15,17,19-22,25-26H,6-7,9,13-14,24H2,1-2H3/b12-11+/t15-,17+,19-,20-,21+,22+/m1/s1. The highest BCUT2D eigenvalue weighted by atomic mass is 16.5. The molecule has 1 aromatic rings. The number of rotatable bonds is 7. The van der Waals surface area contributed by atoms with Crippen LogP contribution >= 0.6 is 0 Å². The minimum atomic E-state index is -0.560. The van der Waals surface area contributed by atoms with Crippen LogP contribution in [0.25, 0.3) is 0 Å². The Morgan fingerprint density at radius 1 is 1.41 bits per heavy atom. The van der Waals surface area contributed by atoms with Crippen LogP contribution in [0, 0.1) is 23.7 Å². The van der Waals surface area contributed by atoms with E-state index in [2.05, 4.69) is 30.0 Å². The molecular weight excluding hydrogens is 338 g/mol. The van der Waals surface area contributed by atoms with E-state index in [0.717, 1.165) is 18.6 Å². The molecule has 0 amide bonds. The van der Waals surface area contributed by atoms with Gasteiger partial charge in [-0.15, -0.1) is 11.8 Å². The van der Waals surface area contributed by atoms with Gasteiger partial charge < -0.3 is 20.7 Å². The van der Waals surface area contributed by atoms with Crippen molar-refractivity contribution < 1.29 is 14.9 Å². The van der Waals surface area contributed by atoms with Gasteiger partial charge >= 0.3 is 0 Å². The predicted molar refractivity (Wildman–Crippen MR) is 107 cm³/mol. The average Bonchev–Trinajstić information content (AvgIpc) is 3.17. The summed E-state index contributed by atoms with van der Waals surface area (Å²) >= 11 is 0. The highest BCUT2D eigenvalue weighted by Crippen LogP contribution is 2.52. The zero-order valence-corrected chi connectivity index (χ0v) is 16.3. The first-order valence-corrected chi connectivity index (χ1v) is 9.99. The molecule has 0 unspecified atom stereocenters. The maximum absolute atomic E-state index is 10.6. The SMILES string of the molecule is CC#CC[C@@H](C)[C@H](O)/C=C/[C@@H]1[C@H]2c3cccc(CCCN)c3O[C@H]2C[C@H]1O. The van der Waals surface area contributed by atoms with Crippen LogP contribution in [-0.4, -0.2) is 35.1 Å². The lowest BCUT2D eigenvalue weighted by Crippen LogP contribution is -2.19. The number of para-hydroxylation sites is 1. The second-order valence-electron chi connectivity index (χ2n) is 7.77. The maximum Gasteiger partial charge on any atom is 0.126 e. The molecule has 0 spiro atoms. The van der Waals surface area contributed by atoms with Gasteiger partial charge in [0.15, 0.2) is 0 Å². The molecule has 6 atom stereocenters. The lowest BCUT2D eigenvalue weighted by molar-refractivity contribution is 0.134. The Morgan fingerprint density at radius 3 is 2.96 bits per heavy atom. The molecular formula is C23H31NO3. The fourth-order valence-corrected chi connectivity index (χ4v) is 4.27. The molecule has 1 heterocycles. The Morgan fingerprint density at radius 2 is 2.22 bits per heavy atom. The summed E-state index contributed by atoms with van der Waals surface area (Å²) in [7, 11) is 0. The average molecular weight is 370 g/mol. The third-order valence-corrected chi connectivity index (χ3v) is 5.85. The van der Waals surface area contributed by atoms with Gasteiger partial charge in [-0.2, -0.15) is 0 Å². The van der Waals surface area contributed by atoms with Crippen molar-refractivity contribution in [1.29, 1.82) is 0 Å². The van der Waals surface area contributed by atoms with Crippen molar-refractivity contribution in [2.45, 2.75) is 63.8 Å². The quantitative estimate of drug-likeness (QED) is 0.510. The van der Waals surface area contributed by atoms with E-state index >= 15 is 0 Å². The highest BCUT2D eigenvalue weighted by Gasteiger charge is 2.48. The molecule has 1 aromatic carbocycles. The molecule has 0 bridgehead atoms. The number of ether oxygens (including phenoxy) is 1. The van der Waals surface area contributed by atoms with Crippen LogP contribution in [0.2, 0.25) is 0 Å². The van der Waals surface area contributed by atoms with Crippen LogP contribution in [0.1, 0.15) is 50.2 Å². The van der Waals surface area contributed by atoms with Crippen molar-refractivity contribution in [3.05, 3.63) is 41.5 Å². The molecule has 4 heteroatoms. The number of hydrogen-bond acceptors (Lipinski definition) is 4. The van der Waals surface area contributed by atoms with Gasteiger partial charge in [-0.25, -0.2) is 0 Å². The maximum atomic E-state index is 10.6. The minimum Gasteiger partial charge on any atom is -0.489 e. The van der Waals surface area contributed by atoms with Crippen LogP contribution in [0.5, 0.6) is 5.75 Å². The summed E-state index contributed by atoms with van der Waals surface area (Å²) in [5.74, 6) is 7.04. The lowest BCUT2D eigenvalue weighted by atomic mass is 9.86. The summed E-state index contributed by atoms with van der Waals surface area (Å²) < 4.78 is 6.25. The first-order chi connectivity index (χ1) is 13.1. The Bertz CT molecular complexity index is 733. The highest BCUT2D eigenvalue weighted by molar-refractivity contribution is 5.49. The number of aryl methyl sites for hydroxylation is 1. The Hall–Kier alpha value is -1.80. The molecule has 1 aliphatic heterocycles. The van der Waals surface area contributed by atoms with Crippen molar-refractivity contribution >= 4 is 0 Å². The number of benzene rings is 1. The number of nitrogens with two attached hydrogens (primary N) is 1. The van der Waals surface area contributed by atoms with E-state index < -0.39 is 12.2 Å². The van der Waals surface area contributed by atoms with E-state index in [4.69, 9.17) is 10.5 Å². The number of aliphatic hydroxyl groups is 2. The molecule has 1 fully saturated rings. The summed E-state index contributed by atoms with van der Waals surface area (Å²) in [6.45, 7) is 4.47. The van der Waals surface area contributed by atoms with E-state index in [-0.39, 0.29) is 23.9 Å². The van der Waals surface area contributed by atoms with Gasteiger partial charge in [-0.1, -0.05) is 37.3 Å². The molecule has 0 radical (unpaired) electrons. The van der Waals surface area contributed by atoms with Gasteiger partial charge in [0.2, 0.25) is 0 Å². The van der Waals surface area contributed by atoms with Gasteiger partial charge in [-0.05, 0) is 37.8 Å². The predicted octanol–water partition coefficient (Wildman–Crippen LogP) is 2.77. The van der Waals surface area contributed by atoms with Crippen LogP contribution < -0.4 is 10.5 Å². The molecule has 1 saturated carbocycles. The van der Waals surface area contributed by atoms with Crippen LogP contribution in [0.3, 0.4) is 0 Å². The topological polar surface area (TPSA) is 75.7 Å². The normalized spacial score (nSPS) is 28.2. The van der Waals surface area contributed by atoms with E-state index in [1.165, 1.54) is 11.1 Å². The largest absolute Gasteiger partial charge is 0.489 e. The summed E-state index contributed by atoms with van der Waals surface area (Å²) in [6.07, 6.45) is 5.95. The van der Waals surface area contributed by atoms with Gasteiger partial charge in [0.05, 0.1) is 12.2 Å². The minimum absolute atomic E-state index is 0.00389. The smallest absolute Gasteiger partial charge is 0.126 e. The first kappa shape index (κ1) is 19.9. The van der Waals surface area contributed by atoms with Crippen molar-refractivity contribution in [3.8, 4) is 17.6 Å². The van der Waals surface area contributed by atoms with E-state index in [9.17, 15) is 10.2 Å². The van der Waals surface area contributed by atoms with Crippen molar-refractivity contribution in [1.82, 2.24) is 0 Å². The first-order valence-electron chi connectivity index (χ1n) is 9.99. The van der Waals surface area contributed by atoms with Crippen molar-refractivity contribution in [2.24, 2.45) is 17.6 Å². The Balaban J connectivity index is 1.77. The van der Waals surface area contributed by atoms with E-state index in [1.54, 1.807) is 0 Å². The molecule has 4 N–H and O–H groups in total. The molecule has 4 nitrogen and oxygen atoms in total. The van der Waals surface area contributed by atoms with E-state index in [0.29, 0.717) is 19.4 Å². The summed E-state index contributed by atoms with van der Waals surface area (Å²) in [5.41, 5.74) is 8.05. The fraction of sp³-hybridized carbons (Fsp3) is 0.565. The zero-order chi connectivity index (χ0) is 19.4. The molecule has 1 aliphatic carbocycles. The monoisotopic (exact) mass is 369 g/mol. The van der Waals surface area contributed by atoms with Gasteiger partial charge in [-0.3, -0.25) is 0 Å². The lowest BCUT2D eigenvalue weighted by Gasteiger charge is -2.19. The number of hydrogen-bond donors (Lipinski definition) is 3. The number of aliphatic hydroxyl groups excluding tert-OH is 2. The molecule has 0 aromatic heterocycles. The van der Waals surface area contributed by atoms with E-state index in [1.807, 2.05) is 26.0 Å². The third-order valence-electron chi connectivity index (χ3n) is 5.85. The molecule has 146 valence electrons. The zero-order valence-electron chi connectivity index (χ0n) is 16.3. The Kier molecular flexibility index (Phi) is 6.59. The van der Waals surface area contributed by atoms with Gasteiger partial charge in [0.25, 0.3) is 0 Å². The van der Waals surface area contributed by atoms with Crippen molar-refractivity contribution in [2.75, 3.05) is 6.54 Å². The molecule has 2 aliphatic rings. The van der Waals surface area contributed by atoms with Gasteiger partial charge in [0, 0.05) is 30.2 Å². The second-order valence-corrected chi connectivity index (χ2v) is 7.77. The third kappa shape index (κ3) is 4.21. The van der Waals surface area contributed by atoms with Crippen LogP contribution in [-0.2, 0) is 6.42 Å². The number of fused-ring (bicyclic) bond motifs is 3. The molecule has 3 rings (SSSR count). The van der Waals surface area contributed by atoms with Gasteiger partial charge in [0.1, 0.15) is 11.9 Å².